The summed E-state index contributed by atoms with van der Waals surface area (Å²) in [5, 5.41) is 7.08. The van der Waals surface area contributed by atoms with Crippen molar-refractivity contribution in [3.63, 3.8) is 0 Å². The number of carbonyl (C=O) groups is 1. The Labute approximate surface area is 135 Å². The summed E-state index contributed by atoms with van der Waals surface area (Å²) in [6.07, 6.45) is 2.05. The van der Waals surface area contributed by atoms with Crippen LogP contribution in [0.1, 0.15) is 34.1 Å². The van der Waals surface area contributed by atoms with Crippen LogP contribution in [0.5, 0.6) is 0 Å². The first-order chi connectivity index (χ1) is 10.9. The fraction of sp³-hybridized carbons (Fsp3) is 0.375. The Morgan fingerprint density at radius 1 is 1.35 bits per heavy atom. The van der Waals surface area contributed by atoms with Gasteiger partial charge in [0, 0.05) is 11.4 Å². The van der Waals surface area contributed by atoms with E-state index in [1.807, 2.05) is 31.2 Å². The Bertz CT molecular complexity index is 855. The number of aryl methyl sites for hydroxylation is 1. The summed E-state index contributed by atoms with van der Waals surface area (Å²) in [6.45, 7) is 3.75. The summed E-state index contributed by atoms with van der Waals surface area (Å²) in [7, 11) is -2.99. The number of rotatable bonds is 3. The molecule has 1 saturated heterocycles. The molecule has 0 saturated carbocycles. The topological polar surface area (TPSA) is 81.1 Å². The summed E-state index contributed by atoms with van der Waals surface area (Å²) in [4.78, 5) is 12.4. The number of anilines is 1. The summed E-state index contributed by atoms with van der Waals surface area (Å²) in [5.41, 5.74) is 2.95. The zero-order valence-electron chi connectivity index (χ0n) is 13.1. The third kappa shape index (κ3) is 3.29. The lowest BCUT2D eigenvalue weighted by molar-refractivity contribution is 0.102. The van der Waals surface area contributed by atoms with Gasteiger partial charge >= 0.3 is 0 Å². The number of hydrogen-bond acceptors (Lipinski definition) is 4. The Balaban J connectivity index is 1.80. The number of amides is 1. The molecule has 23 heavy (non-hydrogen) atoms. The number of nitrogens with zero attached hydrogens (tertiary/aromatic N) is 2. The Kier molecular flexibility index (Phi) is 3.97. The molecule has 1 aromatic carbocycles. The van der Waals surface area contributed by atoms with Crippen LogP contribution in [0.4, 0.5) is 5.69 Å². The van der Waals surface area contributed by atoms with Gasteiger partial charge in [-0.1, -0.05) is 12.1 Å². The van der Waals surface area contributed by atoms with Crippen molar-refractivity contribution in [1.82, 2.24) is 9.78 Å². The summed E-state index contributed by atoms with van der Waals surface area (Å²) >= 11 is 0. The van der Waals surface area contributed by atoms with E-state index in [1.165, 1.54) is 6.20 Å². The summed E-state index contributed by atoms with van der Waals surface area (Å²) in [5.74, 6) is 0.0381. The predicted octanol–water partition coefficient (Wildman–Crippen LogP) is 2.11. The molecule has 1 unspecified atom stereocenters. The third-order valence-electron chi connectivity index (χ3n) is 4.12. The zero-order valence-corrected chi connectivity index (χ0v) is 13.9. The zero-order chi connectivity index (χ0) is 16.6. The molecule has 1 aliphatic heterocycles. The van der Waals surface area contributed by atoms with Gasteiger partial charge < -0.3 is 5.32 Å². The van der Waals surface area contributed by atoms with Crippen LogP contribution in [0.3, 0.4) is 0 Å². The van der Waals surface area contributed by atoms with Crippen LogP contribution < -0.4 is 5.32 Å². The Morgan fingerprint density at radius 2 is 2.13 bits per heavy atom. The minimum absolute atomic E-state index is 0.0917. The largest absolute Gasteiger partial charge is 0.322 e. The maximum Gasteiger partial charge on any atom is 0.259 e. The molecule has 0 aliphatic carbocycles. The first-order valence-electron chi connectivity index (χ1n) is 7.48. The highest BCUT2D eigenvalue weighted by Gasteiger charge is 2.31. The number of carbonyl (C=O) groups excluding carboxylic acids is 1. The lowest BCUT2D eigenvalue weighted by Crippen LogP contribution is -2.16. The lowest BCUT2D eigenvalue weighted by Gasteiger charge is -2.11. The second-order valence-electron chi connectivity index (χ2n) is 5.97. The second kappa shape index (κ2) is 5.81. The van der Waals surface area contributed by atoms with Gasteiger partial charge in [-0.2, -0.15) is 5.10 Å². The molecule has 2 aromatic rings. The van der Waals surface area contributed by atoms with Gasteiger partial charge in [0.25, 0.3) is 5.91 Å². The average Bonchev–Trinajstić information content (AvgIpc) is 3.01. The molecule has 122 valence electrons. The highest BCUT2D eigenvalue weighted by Crippen LogP contribution is 2.25. The number of hydrogen-bond donors (Lipinski definition) is 1. The van der Waals surface area contributed by atoms with Crippen LogP contribution in [0.25, 0.3) is 0 Å². The molecule has 1 amide bonds. The van der Waals surface area contributed by atoms with Gasteiger partial charge in [-0.05, 0) is 38.0 Å². The molecule has 0 spiro atoms. The molecule has 1 N–H and O–H groups in total. The monoisotopic (exact) mass is 333 g/mol. The molecule has 1 aromatic heterocycles. The fourth-order valence-electron chi connectivity index (χ4n) is 2.90. The predicted molar refractivity (Wildman–Crippen MR) is 88.4 cm³/mol. The van der Waals surface area contributed by atoms with E-state index in [0.29, 0.717) is 17.7 Å². The molecule has 7 heteroatoms. The van der Waals surface area contributed by atoms with Crippen LogP contribution in [-0.4, -0.2) is 35.6 Å². The van der Waals surface area contributed by atoms with Crippen LogP contribution >= 0.6 is 0 Å². The average molecular weight is 333 g/mol. The van der Waals surface area contributed by atoms with Crippen molar-refractivity contribution in [3.05, 3.63) is 47.3 Å². The van der Waals surface area contributed by atoms with Crippen LogP contribution in [0.15, 0.2) is 30.5 Å². The van der Waals surface area contributed by atoms with Crippen LogP contribution in [0.2, 0.25) is 0 Å². The van der Waals surface area contributed by atoms with E-state index < -0.39 is 9.84 Å². The molecular weight excluding hydrogens is 314 g/mol. The SMILES string of the molecule is Cc1cccc(NC(=O)c2cnn(C3CCS(=O)(=O)C3)c2C)c1. The summed E-state index contributed by atoms with van der Waals surface area (Å²) < 4.78 is 24.9. The molecule has 6 nitrogen and oxygen atoms in total. The van der Waals surface area contributed by atoms with E-state index >= 15 is 0 Å². The van der Waals surface area contributed by atoms with Gasteiger partial charge in [0.05, 0.1) is 29.3 Å². The normalized spacial score (nSPS) is 19.7. The van der Waals surface area contributed by atoms with Gasteiger partial charge in [0.1, 0.15) is 0 Å². The highest BCUT2D eigenvalue weighted by molar-refractivity contribution is 7.91. The van der Waals surface area contributed by atoms with Crippen molar-refractivity contribution in [2.24, 2.45) is 0 Å². The smallest absolute Gasteiger partial charge is 0.259 e. The van der Waals surface area contributed by atoms with Gasteiger partial charge in [-0.25, -0.2) is 8.42 Å². The Morgan fingerprint density at radius 3 is 2.78 bits per heavy atom. The molecule has 3 rings (SSSR count). The van der Waals surface area contributed by atoms with Crippen molar-refractivity contribution in [3.8, 4) is 0 Å². The van der Waals surface area contributed by atoms with E-state index in [-0.39, 0.29) is 23.5 Å². The van der Waals surface area contributed by atoms with Gasteiger partial charge in [0.2, 0.25) is 0 Å². The van der Waals surface area contributed by atoms with E-state index in [2.05, 4.69) is 10.4 Å². The molecule has 1 aliphatic rings. The molecule has 1 atom stereocenters. The van der Waals surface area contributed by atoms with Crippen molar-refractivity contribution >= 4 is 21.4 Å². The van der Waals surface area contributed by atoms with Crippen LogP contribution in [0, 0.1) is 13.8 Å². The van der Waals surface area contributed by atoms with Crippen molar-refractivity contribution in [1.29, 1.82) is 0 Å². The molecule has 0 radical (unpaired) electrons. The van der Waals surface area contributed by atoms with Crippen molar-refractivity contribution in [2.75, 3.05) is 16.8 Å². The van der Waals surface area contributed by atoms with E-state index in [0.717, 1.165) is 11.3 Å². The highest BCUT2D eigenvalue weighted by atomic mass is 32.2. The first kappa shape index (κ1) is 15.7. The first-order valence-corrected chi connectivity index (χ1v) is 9.30. The third-order valence-corrected chi connectivity index (χ3v) is 5.87. The van der Waals surface area contributed by atoms with E-state index in [1.54, 1.807) is 11.6 Å². The second-order valence-corrected chi connectivity index (χ2v) is 8.20. The fourth-order valence-corrected chi connectivity index (χ4v) is 4.60. The van der Waals surface area contributed by atoms with E-state index in [4.69, 9.17) is 0 Å². The number of aromatic nitrogens is 2. The minimum atomic E-state index is -2.99. The standard InChI is InChI=1S/C16H19N3O3S/c1-11-4-3-5-13(8-11)18-16(20)15-9-17-19(12(15)2)14-6-7-23(21,22)10-14/h3-5,8-9,14H,6-7,10H2,1-2H3,(H,18,20). The number of nitrogens with one attached hydrogen (secondary N) is 1. The summed E-state index contributed by atoms with van der Waals surface area (Å²) in [6, 6.07) is 7.37. The van der Waals surface area contributed by atoms with E-state index in [9.17, 15) is 13.2 Å². The lowest BCUT2D eigenvalue weighted by atomic mass is 10.2. The number of benzene rings is 1. The number of sulfone groups is 1. The van der Waals surface area contributed by atoms with Gasteiger partial charge in [-0.15, -0.1) is 0 Å². The van der Waals surface area contributed by atoms with Crippen molar-refractivity contribution < 1.29 is 13.2 Å². The quantitative estimate of drug-likeness (QED) is 0.933. The van der Waals surface area contributed by atoms with Gasteiger partial charge in [0.15, 0.2) is 9.84 Å². The molecule has 1 fully saturated rings. The van der Waals surface area contributed by atoms with Gasteiger partial charge in [-0.3, -0.25) is 9.48 Å². The molecular formula is C16H19N3O3S. The molecule has 2 heterocycles. The molecule has 0 bridgehead atoms. The maximum atomic E-state index is 12.4. The Hall–Kier alpha value is -2.15. The van der Waals surface area contributed by atoms with Crippen molar-refractivity contribution in [2.45, 2.75) is 26.3 Å². The minimum Gasteiger partial charge on any atom is -0.322 e. The maximum absolute atomic E-state index is 12.4. The van der Waals surface area contributed by atoms with Crippen LogP contribution in [-0.2, 0) is 9.84 Å².